The summed E-state index contributed by atoms with van der Waals surface area (Å²) >= 11 is 0. The van der Waals surface area contributed by atoms with Gasteiger partial charge in [-0.1, -0.05) is 61.7 Å². The number of hydrogen-bond acceptors (Lipinski definition) is 4. The van der Waals surface area contributed by atoms with Crippen molar-refractivity contribution < 1.29 is 4.52 Å². The van der Waals surface area contributed by atoms with Gasteiger partial charge in [-0.15, -0.1) is 0 Å². The Morgan fingerprint density at radius 3 is 2.45 bits per heavy atom. The van der Waals surface area contributed by atoms with Crippen molar-refractivity contribution in [2.24, 2.45) is 5.73 Å². The molecule has 1 aliphatic carbocycles. The van der Waals surface area contributed by atoms with Crippen LogP contribution in [-0.4, -0.2) is 10.1 Å². The van der Waals surface area contributed by atoms with Crippen LogP contribution in [0.25, 0.3) is 0 Å². The van der Waals surface area contributed by atoms with Gasteiger partial charge in [0, 0.05) is 6.42 Å². The Kier molecular flexibility index (Phi) is 3.81. The number of benzene rings is 1. The number of hydrogen-bond donors (Lipinski definition) is 1. The summed E-state index contributed by atoms with van der Waals surface area (Å²) in [6, 6.07) is 8.63. The van der Waals surface area contributed by atoms with E-state index in [1.807, 2.05) is 0 Å². The van der Waals surface area contributed by atoms with Crippen molar-refractivity contribution in [2.75, 3.05) is 0 Å². The van der Waals surface area contributed by atoms with Crippen LogP contribution in [0.15, 0.2) is 28.8 Å². The molecule has 2 aromatic rings. The Labute approximate surface area is 132 Å². The van der Waals surface area contributed by atoms with Gasteiger partial charge in [-0.05, 0) is 30.7 Å². The maximum absolute atomic E-state index is 6.40. The third-order valence-electron chi connectivity index (χ3n) is 4.84. The van der Waals surface area contributed by atoms with E-state index in [0.29, 0.717) is 11.7 Å². The van der Waals surface area contributed by atoms with E-state index in [4.69, 9.17) is 10.3 Å². The number of rotatable bonds is 4. The van der Waals surface area contributed by atoms with Crippen LogP contribution in [0.2, 0.25) is 0 Å². The van der Waals surface area contributed by atoms with Gasteiger partial charge in [-0.25, -0.2) is 0 Å². The largest absolute Gasteiger partial charge is 0.339 e. The topological polar surface area (TPSA) is 64.9 Å². The highest BCUT2D eigenvalue weighted by atomic mass is 16.5. The first-order chi connectivity index (χ1) is 10.4. The Morgan fingerprint density at radius 2 is 1.82 bits per heavy atom. The van der Waals surface area contributed by atoms with Crippen LogP contribution >= 0.6 is 0 Å². The molecule has 22 heavy (non-hydrogen) atoms. The third kappa shape index (κ3) is 2.93. The van der Waals surface area contributed by atoms with Gasteiger partial charge in [0.05, 0.1) is 5.54 Å². The molecule has 1 aromatic heterocycles. The standard InChI is InChI=1S/C18H25N3O/c1-13-6-8-14(9-7-13)17(2,3)12-15-20-16(21-22-15)18(19)10-4-5-11-18/h6-9H,4-5,10-12,19H2,1-3H3. The van der Waals surface area contributed by atoms with Crippen LogP contribution in [0.5, 0.6) is 0 Å². The van der Waals surface area contributed by atoms with Crippen molar-refractivity contribution in [3.05, 3.63) is 47.1 Å². The summed E-state index contributed by atoms with van der Waals surface area (Å²) in [5.74, 6) is 1.36. The van der Waals surface area contributed by atoms with Crippen molar-refractivity contribution in [3.8, 4) is 0 Å². The monoisotopic (exact) mass is 299 g/mol. The Morgan fingerprint density at radius 1 is 1.18 bits per heavy atom. The Bertz CT molecular complexity index is 637. The van der Waals surface area contributed by atoms with Crippen LogP contribution in [0.3, 0.4) is 0 Å². The number of nitrogens with two attached hydrogens (primary N) is 1. The molecule has 3 rings (SSSR count). The lowest BCUT2D eigenvalue weighted by Gasteiger charge is -2.23. The summed E-state index contributed by atoms with van der Waals surface area (Å²) in [7, 11) is 0. The second-order valence-electron chi connectivity index (χ2n) is 7.30. The van der Waals surface area contributed by atoms with Gasteiger partial charge < -0.3 is 10.3 Å². The minimum atomic E-state index is -0.379. The quantitative estimate of drug-likeness (QED) is 0.936. The van der Waals surface area contributed by atoms with E-state index in [1.54, 1.807) is 0 Å². The predicted octanol–water partition coefficient (Wildman–Crippen LogP) is 3.63. The number of nitrogens with zero attached hydrogens (tertiary/aromatic N) is 2. The highest BCUT2D eigenvalue weighted by Crippen LogP contribution is 2.35. The van der Waals surface area contributed by atoms with Gasteiger partial charge >= 0.3 is 0 Å². The molecule has 4 nitrogen and oxygen atoms in total. The zero-order valence-electron chi connectivity index (χ0n) is 13.7. The van der Waals surface area contributed by atoms with E-state index >= 15 is 0 Å². The molecular formula is C18H25N3O. The number of aromatic nitrogens is 2. The molecule has 0 bridgehead atoms. The molecule has 2 N–H and O–H groups in total. The molecule has 0 unspecified atom stereocenters. The maximum atomic E-state index is 6.40. The van der Waals surface area contributed by atoms with Crippen LogP contribution in [-0.2, 0) is 17.4 Å². The fraction of sp³-hybridized carbons (Fsp3) is 0.556. The summed E-state index contributed by atoms with van der Waals surface area (Å²) in [4.78, 5) is 4.59. The van der Waals surface area contributed by atoms with Crippen molar-refractivity contribution >= 4 is 0 Å². The average Bonchev–Trinajstić information content (AvgIpc) is 3.09. The summed E-state index contributed by atoms with van der Waals surface area (Å²) in [5.41, 5.74) is 8.52. The second-order valence-corrected chi connectivity index (χ2v) is 7.30. The zero-order valence-corrected chi connectivity index (χ0v) is 13.7. The van der Waals surface area contributed by atoms with Gasteiger partial charge in [-0.2, -0.15) is 4.98 Å². The Balaban J connectivity index is 1.78. The highest BCUT2D eigenvalue weighted by molar-refractivity contribution is 5.28. The Hall–Kier alpha value is -1.68. The highest BCUT2D eigenvalue weighted by Gasteiger charge is 2.36. The molecule has 1 saturated carbocycles. The van der Waals surface area contributed by atoms with Crippen molar-refractivity contribution in [1.29, 1.82) is 0 Å². The lowest BCUT2D eigenvalue weighted by atomic mass is 9.81. The van der Waals surface area contributed by atoms with Crippen molar-refractivity contribution in [1.82, 2.24) is 10.1 Å². The molecular weight excluding hydrogens is 274 g/mol. The third-order valence-corrected chi connectivity index (χ3v) is 4.84. The van der Waals surface area contributed by atoms with Crippen LogP contribution < -0.4 is 5.73 Å². The molecule has 1 fully saturated rings. The second kappa shape index (κ2) is 5.51. The summed E-state index contributed by atoms with van der Waals surface area (Å²) in [6.45, 7) is 6.51. The van der Waals surface area contributed by atoms with Crippen LogP contribution in [0.1, 0.15) is 62.4 Å². The SMILES string of the molecule is Cc1ccc(C(C)(C)Cc2nc(C3(N)CCCC3)no2)cc1. The molecule has 0 aliphatic heterocycles. The molecule has 0 radical (unpaired) electrons. The molecule has 1 aromatic carbocycles. The normalized spacial score (nSPS) is 17.8. The van der Waals surface area contributed by atoms with Crippen LogP contribution in [0, 0.1) is 6.92 Å². The van der Waals surface area contributed by atoms with Crippen molar-refractivity contribution in [2.45, 2.75) is 63.8 Å². The fourth-order valence-electron chi connectivity index (χ4n) is 3.24. The van der Waals surface area contributed by atoms with E-state index in [1.165, 1.54) is 11.1 Å². The minimum Gasteiger partial charge on any atom is -0.339 e. The van der Waals surface area contributed by atoms with Gasteiger partial charge in [0.15, 0.2) is 5.82 Å². The summed E-state index contributed by atoms with van der Waals surface area (Å²) in [6.07, 6.45) is 4.92. The van der Waals surface area contributed by atoms with E-state index in [-0.39, 0.29) is 11.0 Å². The lowest BCUT2D eigenvalue weighted by molar-refractivity contribution is 0.330. The first-order valence-corrected chi connectivity index (χ1v) is 8.08. The first-order valence-electron chi connectivity index (χ1n) is 8.08. The van der Waals surface area contributed by atoms with Crippen LogP contribution in [0.4, 0.5) is 0 Å². The van der Waals surface area contributed by atoms with Gasteiger partial charge in [0.25, 0.3) is 0 Å². The van der Waals surface area contributed by atoms with Gasteiger partial charge in [-0.3, -0.25) is 0 Å². The smallest absolute Gasteiger partial charge is 0.227 e. The average molecular weight is 299 g/mol. The lowest BCUT2D eigenvalue weighted by Crippen LogP contribution is -2.34. The molecule has 118 valence electrons. The van der Waals surface area contributed by atoms with E-state index in [2.05, 4.69) is 55.2 Å². The molecule has 4 heteroatoms. The molecule has 0 saturated heterocycles. The van der Waals surface area contributed by atoms with E-state index in [0.717, 1.165) is 32.1 Å². The van der Waals surface area contributed by atoms with Crippen molar-refractivity contribution in [3.63, 3.8) is 0 Å². The molecule has 1 aliphatic rings. The van der Waals surface area contributed by atoms with E-state index in [9.17, 15) is 0 Å². The molecule has 0 amide bonds. The van der Waals surface area contributed by atoms with Gasteiger partial charge in [0.1, 0.15) is 0 Å². The maximum Gasteiger partial charge on any atom is 0.227 e. The summed E-state index contributed by atoms with van der Waals surface area (Å²) < 4.78 is 5.48. The molecule has 0 spiro atoms. The van der Waals surface area contributed by atoms with Gasteiger partial charge in [0.2, 0.25) is 5.89 Å². The fourth-order valence-corrected chi connectivity index (χ4v) is 3.24. The summed E-state index contributed by atoms with van der Waals surface area (Å²) in [5, 5.41) is 4.15. The zero-order chi connectivity index (χ0) is 15.8. The minimum absolute atomic E-state index is 0.0467. The molecule has 1 heterocycles. The molecule has 0 atom stereocenters. The van der Waals surface area contributed by atoms with E-state index < -0.39 is 0 Å². The predicted molar refractivity (Wildman–Crippen MR) is 86.5 cm³/mol. The number of aryl methyl sites for hydroxylation is 1. The first kappa shape index (κ1) is 15.2.